The van der Waals surface area contributed by atoms with Crippen LogP contribution in [0.4, 0.5) is 11.6 Å². The smallest absolute Gasteiger partial charge is 0.134 e. The largest absolute Gasteiger partial charge is 0.359 e. The van der Waals surface area contributed by atoms with Crippen LogP contribution in [-0.4, -0.2) is 35.6 Å². The van der Waals surface area contributed by atoms with Gasteiger partial charge in [0.15, 0.2) is 0 Å². The Balaban J connectivity index is 1.64. The summed E-state index contributed by atoms with van der Waals surface area (Å²) in [6.45, 7) is 1.71. The maximum absolute atomic E-state index is 4.42. The first kappa shape index (κ1) is 16.9. The van der Waals surface area contributed by atoms with Crippen LogP contribution in [0.2, 0.25) is 0 Å². The summed E-state index contributed by atoms with van der Waals surface area (Å²) in [6.07, 6.45) is 6.25. The molecule has 0 atom stereocenters. The summed E-state index contributed by atoms with van der Waals surface area (Å²) in [5.74, 6) is 1.85. The average Bonchev–Trinajstić information content (AvgIpc) is 2.68. The van der Waals surface area contributed by atoms with Gasteiger partial charge in [-0.05, 0) is 29.7 Å². The second-order valence-corrected chi connectivity index (χ2v) is 6.10. The zero-order valence-corrected chi connectivity index (χ0v) is 14.7. The predicted molar refractivity (Wildman–Crippen MR) is 102 cm³/mol. The van der Waals surface area contributed by atoms with Gasteiger partial charge in [-0.1, -0.05) is 30.3 Å². The van der Waals surface area contributed by atoms with E-state index in [1.165, 1.54) is 11.1 Å². The van der Waals surface area contributed by atoms with Crippen molar-refractivity contribution >= 4 is 11.6 Å². The van der Waals surface area contributed by atoms with E-state index in [1.807, 2.05) is 36.7 Å². The van der Waals surface area contributed by atoms with E-state index in [4.69, 9.17) is 0 Å². The molecule has 2 heterocycles. The highest BCUT2D eigenvalue weighted by Gasteiger charge is 2.08. The molecule has 0 saturated carbocycles. The number of likely N-dealkylation sites (N-methyl/N-ethyl adjacent to an activating group) is 1. The lowest BCUT2D eigenvalue weighted by Crippen LogP contribution is -2.23. The number of hydrogen-bond acceptors (Lipinski definition) is 5. The quantitative estimate of drug-likeness (QED) is 0.664. The lowest BCUT2D eigenvalue weighted by molar-refractivity contribution is 0.843. The Labute approximate surface area is 149 Å². The molecule has 3 aromatic rings. The van der Waals surface area contributed by atoms with Crippen LogP contribution in [0.1, 0.15) is 11.1 Å². The van der Waals surface area contributed by atoms with Gasteiger partial charge >= 0.3 is 0 Å². The van der Waals surface area contributed by atoms with Crippen LogP contribution in [-0.2, 0) is 13.0 Å². The summed E-state index contributed by atoms with van der Waals surface area (Å²) >= 11 is 0. The highest BCUT2D eigenvalue weighted by Crippen LogP contribution is 2.17. The fraction of sp³-hybridized carbons (Fsp3) is 0.250. The van der Waals surface area contributed by atoms with Crippen LogP contribution in [0.15, 0.2) is 67.3 Å². The number of aromatic nitrogens is 3. The van der Waals surface area contributed by atoms with E-state index >= 15 is 0 Å². The predicted octanol–water partition coefficient (Wildman–Crippen LogP) is 3.19. The van der Waals surface area contributed by atoms with Gasteiger partial charge in [-0.3, -0.25) is 4.98 Å². The Morgan fingerprint density at radius 3 is 2.20 bits per heavy atom. The van der Waals surface area contributed by atoms with Gasteiger partial charge in [0, 0.05) is 45.6 Å². The van der Waals surface area contributed by atoms with Crippen LogP contribution in [0.3, 0.4) is 0 Å². The Bertz CT molecular complexity index is 776. The van der Waals surface area contributed by atoms with E-state index in [9.17, 15) is 0 Å². The highest BCUT2D eigenvalue weighted by atomic mass is 15.2. The zero-order valence-electron chi connectivity index (χ0n) is 14.7. The third-order valence-electron chi connectivity index (χ3n) is 4.17. The third-order valence-corrected chi connectivity index (χ3v) is 4.17. The minimum atomic E-state index is 0.817. The Morgan fingerprint density at radius 2 is 1.48 bits per heavy atom. The van der Waals surface area contributed by atoms with Gasteiger partial charge in [-0.25, -0.2) is 9.97 Å². The minimum Gasteiger partial charge on any atom is -0.359 e. The Kier molecular flexibility index (Phi) is 5.57. The van der Waals surface area contributed by atoms with E-state index in [-0.39, 0.29) is 0 Å². The molecule has 5 nitrogen and oxygen atoms in total. The first-order valence-corrected chi connectivity index (χ1v) is 8.39. The standard InChI is InChI=1S/C20H23N5/c1-24(13-10-17-8-11-21-12-9-17)19-14-20(23-16-22-19)25(2)15-18-6-4-3-5-7-18/h3-9,11-12,14,16H,10,13,15H2,1-2H3. The molecule has 0 N–H and O–H groups in total. The number of pyridine rings is 1. The van der Waals surface area contributed by atoms with E-state index in [2.05, 4.69) is 63.1 Å². The van der Waals surface area contributed by atoms with Crippen LogP contribution in [0, 0.1) is 0 Å². The molecule has 25 heavy (non-hydrogen) atoms. The van der Waals surface area contributed by atoms with Crippen molar-refractivity contribution in [2.45, 2.75) is 13.0 Å². The van der Waals surface area contributed by atoms with Gasteiger partial charge in [0.1, 0.15) is 18.0 Å². The van der Waals surface area contributed by atoms with Gasteiger partial charge in [0.25, 0.3) is 0 Å². The Hall–Kier alpha value is -2.95. The molecule has 0 saturated heterocycles. The molecule has 0 spiro atoms. The lowest BCUT2D eigenvalue weighted by Gasteiger charge is -2.22. The second-order valence-electron chi connectivity index (χ2n) is 6.10. The number of anilines is 2. The molecule has 0 amide bonds. The normalized spacial score (nSPS) is 10.5. The summed E-state index contributed by atoms with van der Waals surface area (Å²) in [6, 6.07) is 16.5. The van der Waals surface area contributed by atoms with Gasteiger partial charge < -0.3 is 9.80 Å². The first-order valence-electron chi connectivity index (χ1n) is 8.39. The monoisotopic (exact) mass is 333 g/mol. The molecule has 0 fully saturated rings. The average molecular weight is 333 g/mol. The molecule has 2 aromatic heterocycles. The van der Waals surface area contributed by atoms with Crippen molar-refractivity contribution in [3.8, 4) is 0 Å². The van der Waals surface area contributed by atoms with Crippen molar-refractivity contribution in [3.63, 3.8) is 0 Å². The van der Waals surface area contributed by atoms with Gasteiger partial charge in [0.05, 0.1) is 0 Å². The topological polar surface area (TPSA) is 45.2 Å². The number of nitrogens with zero attached hydrogens (tertiary/aromatic N) is 5. The number of rotatable bonds is 7. The molecule has 0 bridgehead atoms. The van der Waals surface area contributed by atoms with Crippen LogP contribution < -0.4 is 9.80 Å². The highest BCUT2D eigenvalue weighted by molar-refractivity contribution is 5.49. The molecule has 0 aliphatic rings. The SMILES string of the molecule is CN(CCc1ccncc1)c1cc(N(C)Cc2ccccc2)ncn1. The second kappa shape index (κ2) is 8.24. The van der Waals surface area contributed by atoms with Crippen molar-refractivity contribution in [1.82, 2.24) is 15.0 Å². The van der Waals surface area contributed by atoms with Gasteiger partial charge in [-0.2, -0.15) is 0 Å². The van der Waals surface area contributed by atoms with Crippen molar-refractivity contribution in [2.24, 2.45) is 0 Å². The Morgan fingerprint density at radius 1 is 0.800 bits per heavy atom. The molecule has 5 heteroatoms. The fourth-order valence-electron chi connectivity index (χ4n) is 2.65. The fourth-order valence-corrected chi connectivity index (χ4v) is 2.65. The van der Waals surface area contributed by atoms with E-state index < -0.39 is 0 Å². The maximum atomic E-state index is 4.42. The molecule has 0 radical (unpaired) electrons. The summed E-state index contributed by atoms with van der Waals surface area (Å²) < 4.78 is 0. The van der Waals surface area contributed by atoms with Gasteiger partial charge in [-0.15, -0.1) is 0 Å². The maximum Gasteiger partial charge on any atom is 0.134 e. The zero-order chi connectivity index (χ0) is 17.5. The summed E-state index contributed by atoms with van der Waals surface area (Å²) in [5, 5.41) is 0. The van der Waals surface area contributed by atoms with Crippen molar-refractivity contribution in [2.75, 3.05) is 30.4 Å². The summed E-state index contributed by atoms with van der Waals surface area (Å²) in [4.78, 5) is 17.2. The molecule has 1 aromatic carbocycles. The molecule has 3 rings (SSSR count). The minimum absolute atomic E-state index is 0.817. The third kappa shape index (κ3) is 4.76. The van der Waals surface area contributed by atoms with Crippen molar-refractivity contribution < 1.29 is 0 Å². The summed E-state index contributed by atoms with van der Waals surface area (Å²) in [5.41, 5.74) is 2.54. The molecule has 0 unspecified atom stereocenters. The molecule has 0 aliphatic heterocycles. The number of benzene rings is 1. The van der Waals surface area contributed by atoms with Crippen molar-refractivity contribution in [1.29, 1.82) is 0 Å². The van der Waals surface area contributed by atoms with Crippen LogP contribution >= 0.6 is 0 Å². The van der Waals surface area contributed by atoms with E-state index in [1.54, 1.807) is 6.33 Å². The lowest BCUT2D eigenvalue weighted by atomic mass is 10.2. The summed E-state index contributed by atoms with van der Waals surface area (Å²) in [7, 11) is 4.11. The van der Waals surface area contributed by atoms with E-state index in [0.717, 1.165) is 31.1 Å². The molecular weight excluding hydrogens is 310 g/mol. The number of hydrogen-bond donors (Lipinski definition) is 0. The molecule has 128 valence electrons. The van der Waals surface area contributed by atoms with Crippen molar-refractivity contribution in [3.05, 3.63) is 78.4 Å². The van der Waals surface area contributed by atoms with Gasteiger partial charge in [0.2, 0.25) is 0 Å². The van der Waals surface area contributed by atoms with E-state index in [0.29, 0.717) is 0 Å². The van der Waals surface area contributed by atoms with Crippen LogP contribution in [0.25, 0.3) is 0 Å². The van der Waals surface area contributed by atoms with Crippen LogP contribution in [0.5, 0.6) is 0 Å². The molecule has 0 aliphatic carbocycles. The first-order chi connectivity index (χ1) is 12.2. The molecular formula is C20H23N5.